The molecule has 5 rings (SSSR count). The van der Waals surface area contributed by atoms with Crippen LogP contribution in [0.3, 0.4) is 0 Å². The molecule has 32 heavy (non-hydrogen) atoms. The van der Waals surface area contributed by atoms with Crippen molar-refractivity contribution in [1.29, 1.82) is 0 Å². The molecule has 0 aliphatic carbocycles. The molecule has 0 saturated heterocycles. The lowest BCUT2D eigenvalue weighted by atomic mass is 10.1. The van der Waals surface area contributed by atoms with E-state index in [0.717, 1.165) is 32.8 Å². The van der Waals surface area contributed by atoms with E-state index in [2.05, 4.69) is 0 Å². The van der Waals surface area contributed by atoms with Gasteiger partial charge in [0.25, 0.3) is 0 Å². The first-order valence-electron chi connectivity index (χ1n) is 10.3. The number of thiazole rings is 1. The van der Waals surface area contributed by atoms with E-state index in [1.165, 1.54) is 11.3 Å². The summed E-state index contributed by atoms with van der Waals surface area (Å²) in [7, 11) is 1.61. The highest BCUT2D eigenvalue weighted by Crippen LogP contribution is 2.39. The van der Waals surface area contributed by atoms with Crippen molar-refractivity contribution in [3.8, 4) is 17.2 Å². The van der Waals surface area contributed by atoms with Crippen LogP contribution in [0.1, 0.15) is 17.5 Å². The van der Waals surface area contributed by atoms with Gasteiger partial charge in [-0.2, -0.15) is 0 Å². The summed E-state index contributed by atoms with van der Waals surface area (Å²) in [6, 6.07) is 19.5. The number of carbonyl (C=O) groups excluding carboxylic acids is 1. The molecule has 162 valence electrons. The van der Waals surface area contributed by atoms with Crippen LogP contribution in [0.5, 0.6) is 17.2 Å². The number of aromatic nitrogens is 1. The van der Waals surface area contributed by atoms with E-state index >= 15 is 0 Å². The second-order valence-electron chi connectivity index (χ2n) is 7.56. The lowest BCUT2D eigenvalue weighted by Crippen LogP contribution is -2.26. The zero-order chi connectivity index (χ0) is 22.1. The number of methoxy groups -OCH3 is 1. The second kappa shape index (κ2) is 8.51. The molecule has 0 atom stereocenters. The molecule has 1 aliphatic rings. The van der Waals surface area contributed by atoms with E-state index in [1.807, 2.05) is 67.6 Å². The van der Waals surface area contributed by atoms with Gasteiger partial charge in [0.15, 0.2) is 16.6 Å². The number of hydrogen-bond donors (Lipinski definition) is 0. The van der Waals surface area contributed by atoms with Gasteiger partial charge in [-0.3, -0.25) is 9.69 Å². The fraction of sp³-hybridized carbons (Fsp3) is 0.200. The molecule has 0 N–H and O–H groups in total. The van der Waals surface area contributed by atoms with Crippen molar-refractivity contribution in [1.82, 2.24) is 4.98 Å². The van der Waals surface area contributed by atoms with Gasteiger partial charge in [0.1, 0.15) is 5.75 Å². The Bertz CT molecular complexity index is 1270. The van der Waals surface area contributed by atoms with Crippen LogP contribution in [0.2, 0.25) is 0 Å². The molecule has 0 saturated carbocycles. The molecule has 7 heteroatoms. The van der Waals surface area contributed by atoms with Gasteiger partial charge in [0, 0.05) is 6.42 Å². The predicted octanol–water partition coefficient (Wildman–Crippen LogP) is 5.64. The Hall–Kier alpha value is -3.58. The van der Waals surface area contributed by atoms with Gasteiger partial charge in [-0.25, -0.2) is 4.98 Å². The number of anilines is 2. The van der Waals surface area contributed by atoms with Crippen molar-refractivity contribution >= 4 is 38.3 Å². The van der Waals surface area contributed by atoms with E-state index in [4.69, 9.17) is 19.2 Å². The number of rotatable bonds is 6. The van der Waals surface area contributed by atoms with E-state index in [0.29, 0.717) is 29.4 Å². The van der Waals surface area contributed by atoms with Gasteiger partial charge in [-0.15, -0.1) is 0 Å². The Morgan fingerprint density at radius 1 is 1.09 bits per heavy atom. The number of aryl methyl sites for hydroxylation is 2. The van der Waals surface area contributed by atoms with E-state index in [-0.39, 0.29) is 12.7 Å². The maximum atomic E-state index is 13.6. The van der Waals surface area contributed by atoms with Crippen LogP contribution in [-0.4, -0.2) is 24.8 Å². The van der Waals surface area contributed by atoms with Crippen LogP contribution in [0.15, 0.2) is 60.7 Å². The largest absolute Gasteiger partial charge is 0.495 e. The lowest BCUT2D eigenvalue weighted by Gasteiger charge is -2.23. The van der Waals surface area contributed by atoms with Crippen molar-refractivity contribution in [3.05, 3.63) is 71.8 Å². The number of amides is 1. The van der Waals surface area contributed by atoms with Crippen molar-refractivity contribution in [2.24, 2.45) is 0 Å². The highest BCUT2D eigenvalue weighted by molar-refractivity contribution is 7.22. The number of carbonyl (C=O) groups is 1. The summed E-state index contributed by atoms with van der Waals surface area (Å²) < 4.78 is 17.5. The molecule has 0 fully saturated rings. The highest BCUT2D eigenvalue weighted by atomic mass is 32.1. The van der Waals surface area contributed by atoms with E-state index in [9.17, 15) is 4.79 Å². The van der Waals surface area contributed by atoms with Gasteiger partial charge in [0.2, 0.25) is 12.7 Å². The first-order valence-corrected chi connectivity index (χ1v) is 11.2. The van der Waals surface area contributed by atoms with Gasteiger partial charge in [-0.1, -0.05) is 35.6 Å². The molecule has 0 unspecified atom stereocenters. The SMILES string of the molecule is COc1ccc(C)cc1N(C(=O)CCc1ccc2c(c1)OCO2)c1nc2ccccc2s1. The van der Waals surface area contributed by atoms with Crippen molar-refractivity contribution in [2.75, 3.05) is 18.8 Å². The summed E-state index contributed by atoms with van der Waals surface area (Å²) in [5.41, 5.74) is 3.62. The third-order valence-electron chi connectivity index (χ3n) is 5.36. The number of hydrogen-bond acceptors (Lipinski definition) is 6. The van der Waals surface area contributed by atoms with Gasteiger partial charge in [0.05, 0.1) is 23.0 Å². The Labute approximate surface area is 190 Å². The lowest BCUT2D eigenvalue weighted by molar-refractivity contribution is -0.117. The van der Waals surface area contributed by atoms with Crippen LogP contribution < -0.4 is 19.1 Å². The smallest absolute Gasteiger partial charge is 0.233 e. The summed E-state index contributed by atoms with van der Waals surface area (Å²) in [6.07, 6.45) is 0.887. The molecule has 0 bridgehead atoms. The second-order valence-corrected chi connectivity index (χ2v) is 8.57. The minimum absolute atomic E-state index is 0.0503. The van der Waals surface area contributed by atoms with Crippen LogP contribution in [0.4, 0.5) is 10.8 Å². The molecule has 1 aromatic heterocycles. The first kappa shape index (κ1) is 20.3. The quantitative estimate of drug-likeness (QED) is 0.384. The van der Waals surface area contributed by atoms with Gasteiger partial charge >= 0.3 is 0 Å². The number of nitrogens with zero attached hydrogens (tertiary/aromatic N) is 2. The molecule has 4 aromatic rings. The van der Waals surface area contributed by atoms with Crippen molar-refractivity contribution in [3.63, 3.8) is 0 Å². The third kappa shape index (κ3) is 3.87. The molecular weight excluding hydrogens is 424 g/mol. The fourth-order valence-electron chi connectivity index (χ4n) is 3.73. The summed E-state index contributed by atoms with van der Waals surface area (Å²) in [4.78, 5) is 20.0. The zero-order valence-electron chi connectivity index (χ0n) is 17.8. The average Bonchev–Trinajstić information content (AvgIpc) is 3.44. The van der Waals surface area contributed by atoms with Crippen LogP contribution in [0, 0.1) is 6.92 Å². The topological polar surface area (TPSA) is 60.9 Å². The third-order valence-corrected chi connectivity index (χ3v) is 6.38. The van der Waals surface area contributed by atoms with Crippen molar-refractivity contribution < 1.29 is 19.0 Å². The number of fused-ring (bicyclic) bond motifs is 2. The summed E-state index contributed by atoms with van der Waals surface area (Å²) in [5.74, 6) is 2.04. The molecule has 2 heterocycles. The molecule has 0 radical (unpaired) electrons. The Kier molecular flexibility index (Phi) is 5.41. The Balaban J connectivity index is 1.49. The monoisotopic (exact) mass is 446 g/mol. The number of para-hydroxylation sites is 1. The van der Waals surface area contributed by atoms with Crippen LogP contribution >= 0.6 is 11.3 Å². The summed E-state index contributed by atoms with van der Waals surface area (Å²) in [6.45, 7) is 2.23. The standard InChI is InChI=1S/C25H22N2O4S/c1-16-7-10-20(29-2)19(13-16)27(25-26-18-5-3-4-6-23(18)32-25)24(28)12-9-17-8-11-21-22(14-17)31-15-30-21/h3-8,10-11,13-14H,9,12,15H2,1-2H3. The maximum absolute atomic E-state index is 13.6. The minimum atomic E-state index is -0.0503. The molecular formula is C25H22N2O4S. The van der Waals surface area contributed by atoms with Crippen LogP contribution in [0.25, 0.3) is 10.2 Å². The summed E-state index contributed by atoms with van der Waals surface area (Å²) >= 11 is 1.49. The summed E-state index contributed by atoms with van der Waals surface area (Å²) in [5, 5.41) is 0.630. The molecule has 1 aliphatic heterocycles. The Morgan fingerprint density at radius 3 is 2.78 bits per heavy atom. The number of ether oxygens (including phenoxy) is 3. The molecule has 6 nitrogen and oxygen atoms in total. The number of benzene rings is 3. The van der Waals surface area contributed by atoms with E-state index < -0.39 is 0 Å². The minimum Gasteiger partial charge on any atom is -0.495 e. The predicted molar refractivity (Wildman–Crippen MR) is 125 cm³/mol. The maximum Gasteiger partial charge on any atom is 0.233 e. The molecule has 1 amide bonds. The fourth-order valence-corrected chi connectivity index (χ4v) is 4.73. The zero-order valence-corrected chi connectivity index (χ0v) is 18.6. The van der Waals surface area contributed by atoms with Gasteiger partial charge in [-0.05, 0) is 60.9 Å². The molecule has 0 spiro atoms. The van der Waals surface area contributed by atoms with Crippen molar-refractivity contribution in [2.45, 2.75) is 19.8 Å². The molecule has 3 aromatic carbocycles. The van der Waals surface area contributed by atoms with Gasteiger partial charge < -0.3 is 14.2 Å². The van der Waals surface area contributed by atoms with Crippen LogP contribution in [-0.2, 0) is 11.2 Å². The van der Waals surface area contributed by atoms with E-state index in [1.54, 1.807) is 12.0 Å². The highest BCUT2D eigenvalue weighted by Gasteiger charge is 2.25. The normalized spacial score (nSPS) is 12.2. The average molecular weight is 447 g/mol. The first-order chi connectivity index (χ1) is 15.6. The Morgan fingerprint density at radius 2 is 1.94 bits per heavy atom.